The Morgan fingerprint density at radius 1 is 0.895 bits per heavy atom. The number of nitrogens with two attached hydrogens (primary N) is 1. The average molecular weight is 263 g/mol. The molecule has 0 heterocycles. The first-order chi connectivity index (χ1) is 7.92. The second-order valence-corrected chi connectivity index (χ2v) is 4.54. The van der Waals surface area contributed by atoms with Crippen molar-refractivity contribution in [3.63, 3.8) is 0 Å². The number of rotatable bonds is 6. The zero-order valence-electron chi connectivity index (χ0n) is 9.91. The molecule has 110 valence electrons. The standard InChI is InChI=1S/C15H21N.3CH4/c16-12-6-2-1-3-7-13-10-11-14-8-4-5-9-15(13)14;;;/h4-5,8-10H,1-3,6-7,11-12,16H2;3*1H4. The van der Waals surface area contributed by atoms with Gasteiger partial charge in [0.05, 0.1) is 0 Å². The molecular formula is C18H33N. The van der Waals surface area contributed by atoms with Crippen LogP contribution in [0.25, 0.3) is 5.57 Å². The van der Waals surface area contributed by atoms with Crippen LogP contribution in [0, 0.1) is 0 Å². The van der Waals surface area contributed by atoms with Gasteiger partial charge in [-0.1, -0.05) is 65.5 Å². The summed E-state index contributed by atoms with van der Waals surface area (Å²) in [5.41, 5.74) is 10.0. The summed E-state index contributed by atoms with van der Waals surface area (Å²) in [5, 5.41) is 0. The van der Waals surface area contributed by atoms with Crippen molar-refractivity contribution in [1.29, 1.82) is 0 Å². The quantitative estimate of drug-likeness (QED) is 0.679. The summed E-state index contributed by atoms with van der Waals surface area (Å²) in [6.07, 6.45) is 9.85. The van der Waals surface area contributed by atoms with Gasteiger partial charge in [-0.05, 0) is 48.9 Å². The van der Waals surface area contributed by atoms with E-state index >= 15 is 0 Å². The maximum atomic E-state index is 5.48. The molecule has 2 N–H and O–H groups in total. The summed E-state index contributed by atoms with van der Waals surface area (Å²) in [6.45, 7) is 0.839. The highest BCUT2D eigenvalue weighted by atomic mass is 14.5. The van der Waals surface area contributed by atoms with Crippen LogP contribution in [0.4, 0.5) is 0 Å². The zero-order chi connectivity index (χ0) is 11.2. The van der Waals surface area contributed by atoms with Gasteiger partial charge in [0.1, 0.15) is 0 Å². The van der Waals surface area contributed by atoms with Crippen molar-refractivity contribution in [2.24, 2.45) is 5.73 Å². The van der Waals surface area contributed by atoms with Crippen molar-refractivity contribution in [3.8, 4) is 0 Å². The van der Waals surface area contributed by atoms with E-state index < -0.39 is 0 Å². The van der Waals surface area contributed by atoms with E-state index in [9.17, 15) is 0 Å². The lowest BCUT2D eigenvalue weighted by Gasteiger charge is -2.05. The lowest BCUT2D eigenvalue weighted by atomic mass is 10.0. The van der Waals surface area contributed by atoms with E-state index in [-0.39, 0.29) is 22.3 Å². The van der Waals surface area contributed by atoms with Crippen molar-refractivity contribution in [3.05, 3.63) is 41.5 Å². The Morgan fingerprint density at radius 3 is 2.32 bits per heavy atom. The Kier molecular flexibility index (Phi) is 11.5. The summed E-state index contributed by atoms with van der Waals surface area (Å²) in [5.74, 6) is 0. The topological polar surface area (TPSA) is 26.0 Å². The molecule has 1 aliphatic rings. The zero-order valence-corrected chi connectivity index (χ0v) is 9.91. The molecule has 0 saturated carbocycles. The van der Waals surface area contributed by atoms with Crippen LogP contribution in [0.3, 0.4) is 0 Å². The fraction of sp³-hybridized carbons (Fsp3) is 0.556. The van der Waals surface area contributed by atoms with Crippen molar-refractivity contribution >= 4 is 5.57 Å². The molecule has 0 aliphatic heterocycles. The average Bonchev–Trinajstić information content (AvgIpc) is 2.73. The van der Waals surface area contributed by atoms with Crippen LogP contribution in [0.15, 0.2) is 30.3 Å². The highest BCUT2D eigenvalue weighted by Gasteiger charge is 2.11. The smallest absolute Gasteiger partial charge is 0.00773 e. The van der Waals surface area contributed by atoms with Crippen molar-refractivity contribution in [2.75, 3.05) is 6.54 Å². The molecule has 1 aromatic rings. The van der Waals surface area contributed by atoms with Crippen LogP contribution in [0.5, 0.6) is 0 Å². The predicted octanol–water partition coefficient (Wildman–Crippen LogP) is 5.44. The second kappa shape index (κ2) is 10.8. The maximum Gasteiger partial charge on any atom is -0.00773 e. The first kappa shape index (κ1) is 20.2. The third-order valence-electron chi connectivity index (χ3n) is 3.33. The number of allylic oxidation sites excluding steroid dienone is 2. The summed E-state index contributed by atoms with van der Waals surface area (Å²) < 4.78 is 0. The van der Waals surface area contributed by atoms with Gasteiger partial charge in [-0.15, -0.1) is 0 Å². The van der Waals surface area contributed by atoms with E-state index in [4.69, 9.17) is 5.73 Å². The van der Waals surface area contributed by atoms with Crippen LogP contribution in [-0.4, -0.2) is 6.54 Å². The lowest BCUT2D eigenvalue weighted by molar-refractivity contribution is 0.656. The van der Waals surface area contributed by atoms with Crippen molar-refractivity contribution in [2.45, 2.75) is 60.8 Å². The third kappa shape index (κ3) is 5.61. The molecule has 0 fully saturated rings. The maximum absolute atomic E-state index is 5.48. The van der Waals surface area contributed by atoms with Crippen LogP contribution in [0.2, 0.25) is 0 Å². The fourth-order valence-electron chi connectivity index (χ4n) is 2.40. The first-order valence-electron chi connectivity index (χ1n) is 6.39. The number of hydrogen-bond donors (Lipinski definition) is 1. The van der Waals surface area contributed by atoms with Crippen molar-refractivity contribution in [1.82, 2.24) is 0 Å². The van der Waals surface area contributed by atoms with Gasteiger partial charge in [0.15, 0.2) is 0 Å². The van der Waals surface area contributed by atoms with Gasteiger partial charge >= 0.3 is 0 Å². The summed E-state index contributed by atoms with van der Waals surface area (Å²) in [6, 6.07) is 8.78. The molecule has 0 amide bonds. The SMILES string of the molecule is C.C.C.NCCCCCCC1=CCc2ccccc21. The Balaban J connectivity index is 0. The molecule has 0 unspecified atom stereocenters. The Bertz CT molecular complexity index is 366. The minimum Gasteiger partial charge on any atom is -0.330 e. The lowest BCUT2D eigenvalue weighted by Crippen LogP contribution is -1.97. The number of benzene rings is 1. The monoisotopic (exact) mass is 263 g/mol. The largest absolute Gasteiger partial charge is 0.330 e. The minimum absolute atomic E-state index is 0. The van der Waals surface area contributed by atoms with E-state index in [1.165, 1.54) is 43.2 Å². The van der Waals surface area contributed by atoms with Gasteiger partial charge in [0, 0.05) is 0 Å². The van der Waals surface area contributed by atoms with Gasteiger partial charge in [-0.2, -0.15) is 0 Å². The van der Waals surface area contributed by atoms with Crippen molar-refractivity contribution < 1.29 is 0 Å². The molecular weight excluding hydrogens is 230 g/mol. The number of unbranched alkanes of at least 4 members (excludes halogenated alkanes) is 3. The molecule has 1 aliphatic carbocycles. The highest BCUT2D eigenvalue weighted by molar-refractivity contribution is 5.72. The molecule has 0 aromatic heterocycles. The molecule has 0 bridgehead atoms. The van der Waals surface area contributed by atoms with Gasteiger partial charge < -0.3 is 5.73 Å². The van der Waals surface area contributed by atoms with Crippen LogP contribution < -0.4 is 5.73 Å². The molecule has 0 atom stereocenters. The van der Waals surface area contributed by atoms with Gasteiger partial charge in [0.25, 0.3) is 0 Å². The van der Waals surface area contributed by atoms with Gasteiger partial charge in [0.2, 0.25) is 0 Å². The molecule has 0 saturated heterocycles. The summed E-state index contributed by atoms with van der Waals surface area (Å²) in [7, 11) is 0. The molecule has 1 heteroatoms. The van der Waals surface area contributed by atoms with E-state index in [1.54, 1.807) is 5.57 Å². The first-order valence-corrected chi connectivity index (χ1v) is 6.39. The predicted molar refractivity (Wildman–Crippen MR) is 90.5 cm³/mol. The van der Waals surface area contributed by atoms with E-state index in [1.807, 2.05) is 0 Å². The summed E-state index contributed by atoms with van der Waals surface area (Å²) in [4.78, 5) is 0. The second-order valence-electron chi connectivity index (χ2n) is 4.54. The Hall–Kier alpha value is -1.08. The minimum atomic E-state index is 0. The molecule has 19 heavy (non-hydrogen) atoms. The van der Waals surface area contributed by atoms with E-state index in [0.29, 0.717) is 0 Å². The molecule has 0 radical (unpaired) electrons. The highest BCUT2D eigenvalue weighted by Crippen LogP contribution is 2.30. The molecule has 0 spiro atoms. The normalized spacial score (nSPS) is 11.5. The number of fused-ring (bicyclic) bond motifs is 1. The van der Waals surface area contributed by atoms with E-state index in [0.717, 1.165) is 13.0 Å². The van der Waals surface area contributed by atoms with Gasteiger partial charge in [-0.3, -0.25) is 0 Å². The summed E-state index contributed by atoms with van der Waals surface area (Å²) >= 11 is 0. The van der Waals surface area contributed by atoms with Crippen LogP contribution >= 0.6 is 0 Å². The molecule has 1 nitrogen and oxygen atoms in total. The van der Waals surface area contributed by atoms with Crippen LogP contribution in [-0.2, 0) is 6.42 Å². The molecule has 1 aromatic carbocycles. The van der Waals surface area contributed by atoms with Crippen LogP contribution in [0.1, 0.15) is 65.5 Å². The van der Waals surface area contributed by atoms with E-state index in [2.05, 4.69) is 30.3 Å². The Morgan fingerprint density at radius 2 is 1.58 bits per heavy atom. The van der Waals surface area contributed by atoms with Gasteiger partial charge in [-0.25, -0.2) is 0 Å². The fourth-order valence-corrected chi connectivity index (χ4v) is 2.40. The third-order valence-corrected chi connectivity index (χ3v) is 3.33. The molecule has 2 rings (SSSR count). The Labute approximate surface area is 120 Å². The number of hydrogen-bond acceptors (Lipinski definition) is 1.